The Balaban J connectivity index is 1.84. The Labute approximate surface area is 192 Å². The fourth-order valence-electron chi connectivity index (χ4n) is 2.85. The highest BCUT2D eigenvalue weighted by Gasteiger charge is 2.16. The molecule has 0 aliphatic heterocycles. The third-order valence-electron chi connectivity index (χ3n) is 4.35. The van der Waals surface area contributed by atoms with Crippen molar-refractivity contribution in [2.24, 2.45) is 0 Å². The SMILES string of the molecule is COc1cc(/C=C(/NC(=O)c2ccccc2)C(=O)O)cc(Br)c1OCc1cccc(F)c1. The number of hydrogen-bond acceptors (Lipinski definition) is 4. The molecule has 3 aromatic carbocycles. The van der Waals surface area contributed by atoms with Crippen LogP contribution in [-0.2, 0) is 11.4 Å². The summed E-state index contributed by atoms with van der Waals surface area (Å²) in [6.07, 6.45) is 1.31. The quantitative estimate of drug-likeness (QED) is 0.424. The van der Waals surface area contributed by atoms with Crippen LogP contribution >= 0.6 is 15.9 Å². The predicted molar refractivity (Wildman–Crippen MR) is 121 cm³/mol. The number of hydrogen-bond donors (Lipinski definition) is 2. The summed E-state index contributed by atoms with van der Waals surface area (Å²) in [6.45, 7) is 0.107. The molecule has 0 spiro atoms. The number of carboxylic acids is 1. The lowest BCUT2D eigenvalue weighted by atomic mass is 10.1. The zero-order valence-corrected chi connectivity index (χ0v) is 18.6. The van der Waals surface area contributed by atoms with Crippen LogP contribution in [0.4, 0.5) is 4.39 Å². The van der Waals surface area contributed by atoms with Crippen molar-refractivity contribution >= 4 is 33.9 Å². The van der Waals surface area contributed by atoms with E-state index in [4.69, 9.17) is 9.47 Å². The van der Waals surface area contributed by atoms with Crippen LogP contribution in [-0.4, -0.2) is 24.1 Å². The van der Waals surface area contributed by atoms with E-state index in [1.54, 1.807) is 54.6 Å². The van der Waals surface area contributed by atoms with Crippen molar-refractivity contribution in [2.75, 3.05) is 7.11 Å². The van der Waals surface area contributed by atoms with Gasteiger partial charge >= 0.3 is 5.97 Å². The van der Waals surface area contributed by atoms with Gasteiger partial charge < -0.3 is 19.9 Å². The second kappa shape index (κ2) is 10.6. The molecule has 6 nitrogen and oxygen atoms in total. The molecular weight excluding hydrogens is 481 g/mol. The molecule has 0 heterocycles. The number of carbonyl (C=O) groups is 2. The lowest BCUT2D eigenvalue weighted by Crippen LogP contribution is -2.27. The van der Waals surface area contributed by atoms with Crippen LogP contribution in [0.15, 0.2) is 76.9 Å². The molecule has 8 heteroatoms. The van der Waals surface area contributed by atoms with Gasteiger partial charge in [-0.3, -0.25) is 4.79 Å². The maximum Gasteiger partial charge on any atom is 0.352 e. The average molecular weight is 500 g/mol. The van der Waals surface area contributed by atoms with E-state index in [0.29, 0.717) is 32.7 Å². The Morgan fingerprint density at radius 1 is 1.09 bits per heavy atom. The van der Waals surface area contributed by atoms with E-state index in [1.807, 2.05) is 0 Å². The Hall–Kier alpha value is -3.65. The van der Waals surface area contributed by atoms with Crippen molar-refractivity contribution in [1.82, 2.24) is 5.32 Å². The first-order valence-corrected chi connectivity index (χ1v) is 10.2. The maximum absolute atomic E-state index is 13.4. The van der Waals surface area contributed by atoms with Gasteiger partial charge in [-0.1, -0.05) is 30.3 Å². The van der Waals surface area contributed by atoms with Gasteiger partial charge in [0.1, 0.15) is 18.1 Å². The fourth-order valence-corrected chi connectivity index (χ4v) is 3.42. The number of methoxy groups -OCH3 is 1. The van der Waals surface area contributed by atoms with Crippen molar-refractivity contribution in [3.05, 3.63) is 99.4 Å². The molecule has 32 heavy (non-hydrogen) atoms. The molecule has 0 aliphatic rings. The third kappa shape index (κ3) is 5.95. The Morgan fingerprint density at radius 2 is 1.84 bits per heavy atom. The molecule has 1 amide bonds. The van der Waals surface area contributed by atoms with Gasteiger partial charge in [0.05, 0.1) is 11.6 Å². The number of carbonyl (C=O) groups excluding carboxylic acids is 1. The van der Waals surface area contributed by atoms with Crippen LogP contribution in [0, 0.1) is 5.82 Å². The average Bonchev–Trinajstić information content (AvgIpc) is 2.78. The molecule has 0 fully saturated rings. The van der Waals surface area contributed by atoms with E-state index in [9.17, 15) is 19.1 Å². The van der Waals surface area contributed by atoms with E-state index in [-0.39, 0.29) is 18.1 Å². The van der Waals surface area contributed by atoms with Crippen LogP contribution in [0.25, 0.3) is 6.08 Å². The number of halogens is 2. The maximum atomic E-state index is 13.4. The Kier molecular flexibility index (Phi) is 7.62. The first kappa shape index (κ1) is 23.0. The van der Waals surface area contributed by atoms with Gasteiger partial charge in [-0.15, -0.1) is 0 Å². The van der Waals surface area contributed by atoms with Crippen molar-refractivity contribution < 1.29 is 28.6 Å². The van der Waals surface area contributed by atoms with Gasteiger partial charge in [0.25, 0.3) is 5.91 Å². The molecule has 3 rings (SSSR count). The molecule has 0 radical (unpaired) electrons. The van der Waals surface area contributed by atoms with Crippen molar-refractivity contribution in [3.8, 4) is 11.5 Å². The Morgan fingerprint density at radius 3 is 2.50 bits per heavy atom. The first-order chi connectivity index (χ1) is 15.4. The molecule has 3 aromatic rings. The van der Waals surface area contributed by atoms with Crippen molar-refractivity contribution in [3.63, 3.8) is 0 Å². The molecule has 0 saturated carbocycles. The Bertz CT molecular complexity index is 1160. The molecule has 0 bridgehead atoms. The zero-order valence-electron chi connectivity index (χ0n) is 17.0. The topological polar surface area (TPSA) is 84.9 Å². The van der Waals surface area contributed by atoms with Crippen LogP contribution in [0.3, 0.4) is 0 Å². The van der Waals surface area contributed by atoms with Crippen LogP contribution in [0.1, 0.15) is 21.5 Å². The number of rotatable bonds is 8. The third-order valence-corrected chi connectivity index (χ3v) is 4.94. The molecule has 0 saturated heterocycles. The van der Waals surface area contributed by atoms with Gasteiger partial charge in [-0.2, -0.15) is 0 Å². The van der Waals surface area contributed by atoms with E-state index < -0.39 is 11.9 Å². The van der Waals surface area contributed by atoms with E-state index in [1.165, 1.54) is 25.3 Å². The molecule has 0 aromatic heterocycles. The summed E-state index contributed by atoms with van der Waals surface area (Å²) >= 11 is 3.40. The van der Waals surface area contributed by atoms with Gasteiger partial charge in [0.15, 0.2) is 11.5 Å². The predicted octanol–water partition coefficient (Wildman–Crippen LogP) is 5.03. The summed E-state index contributed by atoms with van der Waals surface area (Å²) in [4.78, 5) is 24.0. The van der Waals surface area contributed by atoms with Crippen LogP contribution in [0.2, 0.25) is 0 Å². The molecule has 0 atom stereocenters. The van der Waals surface area contributed by atoms with Gasteiger partial charge in [-0.05, 0) is 69.5 Å². The molecule has 0 unspecified atom stereocenters. The summed E-state index contributed by atoms with van der Waals surface area (Å²) in [7, 11) is 1.44. The second-order valence-electron chi connectivity index (χ2n) is 6.64. The minimum atomic E-state index is -1.30. The minimum absolute atomic E-state index is 0.107. The molecular formula is C24H19BrFNO5. The highest BCUT2D eigenvalue weighted by atomic mass is 79.9. The number of aliphatic carboxylic acids is 1. The number of benzene rings is 3. The molecule has 2 N–H and O–H groups in total. The summed E-state index contributed by atoms with van der Waals surface area (Å²) in [5.74, 6) is -1.49. The standard InChI is InChI=1S/C24H19BrFNO5/c1-31-21-13-16(11-19(25)22(21)32-14-15-6-5-9-18(26)10-15)12-20(24(29)30)27-23(28)17-7-3-2-4-8-17/h2-13H,14H2,1H3,(H,27,28)(H,29,30)/b20-12+. The van der Waals surface area contributed by atoms with E-state index in [0.717, 1.165) is 0 Å². The second-order valence-corrected chi connectivity index (χ2v) is 7.49. The highest BCUT2D eigenvalue weighted by Crippen LogP contribution is 2.37. The normalized spacial score (nSPS) is 11.0. The summed E-state index contributed by atoms with van der Waals surface area (Å²) < 4.78 is 25.0. The minimum Gasteiger partial charge on any atom is -0.493 e. The molecule has 0 aliphatic carbocycles. The number of amides is 1. The number of nitrogens with one attached hydrogen (secondary N) is 1. The van der Waals surface area contributed by atoms with E-state index in [2.05, 4.69) is 21.2 Å². The monoisotopic (exact) mass is 499 g/mol. The zero-order chi connectivity index (χ0) is 23.1. The first-order valence-electron chi connectivity index (χ1n) is 9.43. The van der Waals surface area contributed by atoms with Crippen LogP contribution in [0.5, 0.6) is 11.5 Å². The smallest absolute Gasteiger partial charge is 0.352 e. The van der Waals surface area contributed by atoms with Crippen LogP contribution < -0.4 is 14.8 Å². The summed E-state index contributed by atoms with van der Waals surface area (Å²) in [5.41, 5.74) is 1.12. The van der Waals surface area contributed by atoms with Gasteiger partial charge in [0.2, 0.25) is 0 Å². The van der Waals surface area contributed by atoms with Crippen molar-refractivity contribution in [2.45, 2.75) is 6.61 Å². The largest absolute Gasteiger partial charge is 0.493 e. The fraction of sp³-hybridized carbons (Fsp3) is 0.0833. The lowest BCUT2D eigenvalue weighted by molar-refractivity contribution is -0.132. The van der Waals surface area contributed by atoms with Gasteiger partial charge in [0, 0.05) is 5.56 Å². The highest BCUT2D eigenvalue weighted by molar-refractivity contribution is 9.10. The summed E-state index contributed by atoms with van der Waals surface area (Å²) in [6, 6.07) is 17.5. The number of ether oxygens (including phenoxy) is 2. The lowest BCUT2D eigenvalue weighted by Gasteiger charge is -2.14. The number of carboxylic acid groups (broad SMARTS) is 1. The molecule has 164 valence electrons. The van der Waals surface area contributed by atoms with E-state index >= 15 is 0 Å². The van der Waals surface area contributed by atoms with Gasteiger partial charge in [-0.25, -0.2) is 9.18 Å². The summed E-state index contributed by atoms with van der Waals surface area (Å²) in [5, 5.41) is 11.9. The van der Waals surface area contributed by atoms with Crippen molar-refractivity contribution in [1.29, 1.82) is 0 Å².